The smallest absolute Gasteiger partial charge is 0.480 e. The number of nitrogens with two attached hydrogens (primary N) is 1. The lowest BCUT2D eigenvalue weighted by molar-refractivity contribution is -0.275. The van der Waals surface area contributed by atoms with E-state index in [9.17, 15) is 18.0 Å². The molecule has 1 amide bonds. The van der Waals surface area contributed by atoms with Crippen molar-refractivity contribution in [2.45, 2.75) is 26.3 Å². The van der Waals surface area contributed by atoms with Gasteiger partial charge in [-0.05, 0) is 43.7 Å². The SMILES string of the molecule is [2H]C([2H])([2H])Oc1nc(C)c(-c2ccn3nc(N)nc3c2)cc1C(=O)NC(C)c1ccccc1OC(F)(F)F. The number of carbonyl (C=O) groups is 1. The highest BCUT2D eigenvalue weighted by Crippen LogP contribution is 2.32. The molecule has 0 saturated heterocycles. The molecule has 4 aromatic rings. The molecule has 0 aliphatic heterocycles. The van der Waals surface area contributed by atoms with Gasteiger partial charge in [-0.3, -0.25) is 4.79 Å². The van der Waals surface area contributed by atoms with Crippen molar-refractivity contribution in [3.63, 3.8) is 0 Å². The number of para-hydroxylation sites is 1. The Morgan fingerprint density at radius 1 is 1.23 bits per heavy atom. The molecular weight excluding hydrogens is 465 g/mol. The van der Waals surface area contributed by atoms with Crippen molar-refractivity contribution >= 4 is 17.5 Å². The van der Waals surface area contributed by atoms with E-state index in [-0.39, 0.29) is 17.1 Å². The fraction of sp³-hybridized carbons (Fsp3) is 0.217. The number of carbonyl (C=O) groups excluding carboxylic acids is 1. The number of rotatable bonds is 6. The zero-order chi connectivity index (χ0) is 27.8. The molecule has 1 unspecified atom stereocenters. The lowest BCUT2D eigenvalue weighted by Gasteiger charge is -2.20. The van der Waals surface area contributed by atoms with Crippen LogP contribution in [0.15, 0.2) is 48.7 Å². The highest BCUT2D eigenvalue weighted by Gasteiger charge is 2.33. The van der Waals surface area contributed by atoms with Gasteiger partial charge >= 0.3 is 6.36 Å². The summed E-state index contributed by atoms with van der Waals surface area (Å²) in [6.07, 6.45) is -3.34. The summed E-state index contributed by atoms with van der Waals surface area (Å²) >= 11 is 0. The maximum atomic E-state index is 13.3. The normalized spacial score (nSPS) is 14.0. The van der Waals surface area contributed by atoms with Gasteiger partial charge in [0.15, 0.2) is 5.65 Å². The number of benzene rings is 1. The van der Waals surface area contributed by atoms with E-state index in [0.717, 1.165) is 6.07 Å². The summed E-state index contributed by atoms with van der Waals surface area (Å²) in [6.45, 7) is 3.05. The first-order valence-corrected chi connectivity index (χ1v) is 10.2. The topological polar surface area (TPSA) is 117 Å². The van der Waals surface area contributed by atoms with Gasteiger partial charge in [0.25, 0.3) is 5.91 Å². The molecule has 0 radical (unpaired) electrons. The van der Waals surface area contributed by atoms with Crippen molar-refractivity contribution in [1.82, 2.24) is 24.9 Å². The van der Waals surface area contributed by atoms with E-state index in [4.69, 9.17) is 14.6 Å². The maximum absolute atomic E-state index is 13.3. The molecule has 9 nitrogen and oxygen atoms in total. The van der Waals surface area contributed by atoms with Crippen LogP contribution >= 0.6 is 0 Å². The summed E-state index contributed by atoms with van der Waals surface area (Å²) in [7, 11) is -2.92. The summed E-state index contributed by atoms with van der Waals surface area (Å²) < 4.78 is 71.5. The Morgan fingerprint density at radius 3 is 2.74 bits per heavy atom. The minimum atomic E-state index is -4.94. The van der Waals surface area contributed by atoms with Gasteiger partial charge in [0.05, 0.1) is 17.2 Å². The molecule has 0 spiro atoms. The van der Waals surface area contributed by atoms with Crippen LogP contribution in [0.1, 0.15) is 38.7 Å². The Labute approximate surface area is 201 Å². The number of halogens is 3. The van der Waals surface area contributed by atoms with Crippen LogP contribution in [-0.2, 0) is 0 Å². The van der Waals surface area contributed by atoms with E-state index in [0.29, 0.717) is 22.5 Å². The zero-order valence-electron chi connectivity index (χ0n) is 21.4. The Morgan fingerprint density at radius 2 is 2.00 bits per heavy atom. The van der Waals surface area contributed by atoms with Gasteiger partial charge in [-0.2, -0.15) is 4.98 Å². The number of hydrogen-bond donors (Lipinski definition) is 2. The number of alkyl halides is 3. The van der Waals surface area contributed by atoms with E-state index in [1.165, 1.54) is 35.7 Å². The Balaban J connectivity index is 1.73. The number of fused-ring (bicyclic) bond motifs is 1. The number of aryl methyl sites for hydroxylation is 1. The number of methoxy groups -OCH3 is 1. The number of aromatic nitrogens is 4. The van der Waals surface area contributed by atoms with E-state index in [2.05, 4.69) is 25.1 Å². The van der Waals surface area contributed by atoms with E-state index in [1.807, 2.05) is 0 Å². The third-order valence-electron chi connectivity index (χ3n) is 5.14. The van der Waals surface area contributed by atoms with Crippen LogP contribution in [-0.4, -0.2) is 38.9 Å². The highest BCUT2D eigenvalue weighted by molar-refractivity contribution is 5.98. The van der Waals surface area contributed by atoms with Crippen LogP contribution in [0, 0.1) is 6.92 Å². The number of pyridine rings is 2. The molecular formula is C23H21F3N6O3. The number of amides is 1. The van der Waals surface area contributed by atoms with Gasteiger partial charge < -0.3 is 20.5 Å². The van der Waals surface area contributed by atoms with Crippen LogP contribution in [0.25, 0.3) is 16.8 Å². The van der Waals surface area contributed by atoms with Crippen molar-refractivity contribution in [2.24, 2.45) is 0 Å². The molecule has 0 bridgehead atoms. The molecule has 0 saturated carbocycles. The number of nitrogen functional groups attached to an aromatic ring is 1. The first-order valence-electron chi connectivity index (χ1n) is 11.7. The first kappa shape index (κ1) is 20.1. The summed E-state index contributed by atoms with van der Waals surface area (Å²) in [4.78, 5) is 21.6. The molecule has 0 fully saturated rings. The second-order valence-electron chi connectivity index (χ2n) is 7.55. The minimum absolute atomic E-state index is 0.0478. The molecule has 12 heteroatoms. The van der Waals surface area contributed by atoms with Crippen molar-refractivity contribution < 1.29 is 31.6 Å². The average molecular weight is 489 g/mol. The second-order valence-corrected chi connectivity index (χ2v) is 7.55. The van der Waals surface area contributed by atoms with Gasteiger partial charge in [0, 0.05) is 23.0 Å². The zero-order valence-corrected chi connectivity index (χ0v) is 18.4. The van der Waals surface area contributed by atoms with Crippen LogP contribution in [0.5, 0.6) is 11.6 Å². The Kier molecular flexibility index (Phi) is 5.23. The van der Waals surface area contributed by atoms with Crippen molar-refractivity contribution in [2.75, 3.05) is 12.8 Å². The number of nitrogens with zero attached hydrogens (tertiary/aromatic N) is 4. The monoisotopic (exact) mass is 489 g/mol. The van der Waals surface area contributed by atoms with Crippen LogP contribution in [0.2, 0.25) is 0 Å². The van der Waals surface area contributed by atoms with Gasteiger partial charge in [0.2, 0.25) is 11.8 Å². The van der Waals surface area contributed by atoms with Crippen molar-refractivity contribution in [3.05, 3.63) is 65.5 Å². The van der Waals surface area contributed by atoms with Crippen LogP contribution < -0.4 is 20.5 Å². The van der Waals surface area contributed by atoms with E-state index in [1.54, 1.807) is 25.3 Å². The van der Waals surface area contributed by atoms with Crippen LogP contribution in [0.4, 0.5) is 19.1 Å². The summed E-state index contributed by atoms with van der Waals surface area (Å²) in [5, 5.41) is 6.56. The molecule has 3 heterocycles. The molecule has 1 atom stereocenters. The standard InChI is InChI=1S/C23H21F3N6O3/c1-12(15-6-4-5-7-18(15)35-23(24,25)26)28-20(33)17-11-16(13(2)29-21(17)34-3)14-8-9-32-19(10-14)30-22(27)31-32/h4-12H,1-3H3,(H2,27,31)(H,28,33)/i3D3. The highest BCUT2D eigenvalue weighted by atomic mass is 19.4. The fourth-order valence-electron chi connectivity index (χ4n) is 3.59. The lowest BCUT2D eigenvalue weighted by Crippen LogP contribution is -2.28. The summed E-state index contributed by atoms with van der Waals surface area (Å²) in [5.74, 6) is -1.73. The minimum Gasteiger partial charge on any atom is -0.480 e. The van der Waals surface area contributed by atoms with E-state index >= 15 is 0 Å². The van der Waals surface area contributed by atoms with E-state index < -0.39 is 37.0 Å². The van der Waals surface area contributed by atoms with Crippen molar-refractivity contribution in [3.8, 4) is 22.8 Å². The first-order chi connectivity index (χ1) is 17.7. The number of anilines is 1. The summed E-state index contributed by atoms with van der Waals surface area (Å²) in [5.41, 5.74) is 7.22. The fourth-order valence-corrected chi connectivity index (χ4v) is 3.59. The average Bonchev–Trinajstić information content (AvgIpc) is 3.16. The van der Waals surface area contributed by atoms with Gasteiger partial charge in [0.1, 0.15) is 11.3 Å². The Bertz CT molecular complexity index is 1510. The lowest BCUT2D eigenvalue weighted by atomic mass is 10.0. The molecule has 35 heavy (non-hydrogen) atoms. The molecule has 182 valence electrons. The molecule has 4 rings (SSSR count). The predicted molar refractivity (Wildman–Crippen MR) is 121 cm³/mol. The third-order valence-corrected chi connectivity index (χ3v) is 5.14. The molecule has 3 N–H and O–H groups in total. The molecule has 0 aliphatic carbocycles. The second kappa shape index (κ2) is 9.12. The van der Waals surface area contributed by atoms with Gasteiger partial charge in [-0.25, -0.2) is 9.50 Å². The quantitative estimate of drug-likeness (QED) is 0.419. The molecule has 0 aliphatic rings. The number of nitrogens with one attached hydrogen (secondary N) is 1. The maximum Gasteiger partial charge on any atom is 0.573 e. The number of hydrogen-bond acceptors (Lipinski definition) is 7. The largest absolute Gasteiger partial charge is 0.573 e. The molecule has 1 aromatic carbocycles. The van der Waals surface area contributed by atoms with Gasteiger partial charge in [-0.1, -0.05) is 18.2 Å². The number of ether oxygens (including phenoxy) is 2. The van der Waals surface area contributed by atoms with Crippen molar-refractivity contribution in [1.29, 1.82) is 0 Å². The third kappa shape index (κ3) is 5.10. The Hall–Kier alpha value is -4.35. The van der Waals surface area contributed by atoms with Gasteiger partial charge in [-0.15, -0.1) is 18.3 Å². The summed E-state index contributed by atoms with van der Waals surface area (Å²) in [6, 6.07) is 9.06. The molecule has 3 aromatic heterocycles. The predicted octanol–water partition coefficient (Wildman–Crippen LogP) is 4.08. The van der Waals surface area contributed by atoms with Crippen LogP contribution in [0.3, 0.4) is 0 Å².